The van der Waals surface area contributed by atoms with Crippen LogP contribution in [0.5, 0.6) is 0 Å². The van der Waals surface area contributed by atoms with Gasteiger partial charge in [0.05, 0.1) is 27.7 Å². The van der Waals surface area contributed by atoms with Crippen molar-refractivity contribution in [3.05, 3.63) is 49.1 Å². The number of rotatable bonds is 10. The Labute approximate surface area is 189 Å². The highest BCUT2D eigenvalue weighted by molar-refractivity contribution is 5.87. The van der Waals surface area contributed by atoms with E-state index in [4.69, 9.17) is 9.47 Å². The van der Waals surface area contributed by atoms with E-state index in [1.807, 2.05) is 28.1 Å². The molecule has 0 radical (unpaired) electrons. The van der Waals surface area contributed by atoms with Crippen molar-refractivity contribution in [3.63, 3.8) is 0 Å². The molecule has 176 valence electrons. The number of aliphatic hydroxyl groups is 1. The molecule has 0 aliphatic heterocycles. The predicted molar refractivity (Wildman–Crippen MR) is 120 cm³/mol. The second kappa shape index (κ2) is 20.4. The van der Waals surface area contributed by atoms with Crippen molar-refractivity contribution in [3.8, 4) is 0 Å². The molecule has 0 fully saturated rings. The first-order chi connectivity index (χ1) is 13.2. The van der Waals surface area contributed by atoms with E-state index in [9.17, 15) is 14.7 Å². The molecule has 1 unspecified atom stereocenters. The van der Waals surface area contributed by atoms with Gasteiger partial charge in [0.15, 0.2) is 0 Å². The van der Waals surface area contributed by atoms with Gasteiger partial charge in [-0.1, -0.05) is 51.3 Å². The molecule has 0 aliphatic rings. The van der Waals surface area contributed by atoms with Crippen LogP contribution in [0.1, 0.15) is 40.5 Å². The van der Waals surface area contributed by atoms with Crippen LogP contribution < -0.4 is 12.4 Å². The molecule has 0 spiro atoms. The molecule has 7 heteroatoms. The lowest BCUT2D eigenvalue weighted by molar-refractivity contribution is -0.873. The van der Waals surface area contributed by atoms with E-state index < -0.39 is 12.1 Å². The SMILES string of the molecule is C=C(C)C(=O)OCC(O)C[N+](C)(C)C.C=C(C)C(=O)OCCCC.C=CC(=C)C.[Cl-]. The van der Waals surface area contributed by atoms with Crippen LogP contribution in [-0.2, 0) is 19.1 Å². The molecule has 0 saturated carbocycles. The molecule has 0 aromatic heterocycles. The number of carbonyl (C=O) groups is 2. The zero-order valence-corrected chi connectivity index (χ0v) is 20.7. The zero-order valence-electron chi connectivity index (χ0n) is 19.9. The topological polar surface area (TPSA) is 72.8 Å². The highest BCUT2D eigenvalue weighted by Crippen LogP contribution is 1.98. The molecule has 0 bridgehead atoms. The summed E-state index contributed by atoms with van der Waals surface area (Å²) in [5, 5.41) is 9.49. The van der Waals surface area contributed by atoms with Crippen molar-refractivity contribution in [2.75, 3.05) is 40.9 Å². The first-order valence-corrected chi connectivity index (χ1v) is 9.59. The Kier molecular flexibility index (Phi) is 24.2. The Hall–Kier alpha value is -1.89. The van der Waals surface area contributed by atoms with Crippen LogP contribution in [0, 0.1) is 0 Å². The van der Waals surface area contributed by atoms with E-state index in [0.717, 1.165) is 18.4 Å². The fraction of sp³-hybridized carbons (Fsp3) is 0.565. The fourth-order valence-electron chi connectivity index (χ4n) is 1.41. The molecule has 0 saturated heterocycles. The highest BCUT2D eigenvalue weighted by atomic mass is 35.5. The van der Waals surface area contributed by atoms with Crippen LogP contribution in [0.3, 0.4) is 0 Å². The van der Waals surface area contributed by atoms with Crippen molar-refractivity contribution in [2.45, 2.75) is 46.6 Å². The zero-order chi connectivity index (χ0) is 23.6. The second-order valence-corrected chi connectivity index (χ2v) is 7.83. The molecule has 1 atom stereocenters. The van der Waals surface area contributed by atoms with Gasteiger partial charge in [-0.15, -0.1) is 0 Å². The Balaban J connectivity index is -0.000000185. The van der Waals surface area contributed by atoms with Gasteiger partial charge in [-0.25, -0.2) is 9.59 Å². The Morgan fingerprint density at radius 1 is 1.00 bits per heavy atom. The number of nitrogens with zero attached hydrogens (tertiary/aromatic N) is 1. The smallest absolute Gasteiger partial charge is 0.333 e. The van der Waals surface area contributed by atoms with E-state index in [2.05, 4.69) is 33.2 Å². The van der Waals surface area contributed by atoms with Gasteiger partial charge in [0.2, 0.25) is 0 Å². The van der Waals surface area contributed by atoms with Gasteiger partial charge in [0, 0.05) is 11.1 Å². The maximum Gasteiger partial charge on any atom is 0.333 e. The number of hydrogen-bond donors (Lipinski definition) is 1. The first-order valence-electron chi connectivity index (χ1n) is 9.59. The molecule has 6 nitrogen and oxygen atoms in total. The van der Waals surface area contributed by atoms with Gasteiger partial charge in [0.1, 0.15) is 19.3 Å². The van der Waals surface area contributed by atoms with E-state index in [1.54, 1.807) is 19.9 Å². The number of quaternary nitrogens is 1. The van der Waals surface area contributed by atoms with Gasteiger partial charge in [-0.05, 0) is 27.2 Å². The average molecular weight is 448 g/mol. The number of unbranched alkanes of at least 4 members (excludes halogenated alkanes) is 1. The summed E-state index contributed by atoms with van der Waals surface area (Å²) in [4.78, 5) is 21.7. The van der Waals surface area contributed by atoms with Gasteiger partial charge in [0.25, 0.3) is 0 Å². The van der Waals surface area contributed by atoms with Crippen molar-refractivity contribution < 1.29 is 41.1 Å². The Morgan fingerprint density at radius 2 is 1.40 bits per heavy atom. The number of likely N-dealkylation sites (N-methyl/N-ethyl adjacent to an activating group) is 1. The van der Waals surface area contributed by atoms with Crippen LogP contribution in [-0.4, -0.2) is 68.5 Å². The maximum atomic E-state index is 11.0. The minimum atomic E-state index is -0.627. The number of aliphatic hydroxyl groups excluding tert-OH is 1. The molecule has 0 aliphatic carbocycles. The second-order valence-electron chi connectivity index (χ2n) is 7.83. The number of ether oxygens (including phenoxy) is 2. The number of halogens is 1. The minimum Gasteiger partial charge on any atom is -1.00 e. The third-order valence-corrected chi connectivity index (χ3v) is 2.94. The highest BCUT2D eigenvalue weighted by Gasteiger charge is 2.17. The fourth-order valence-corrected chi connectivity index (χ4v) is 1.41. The number of carbonyl (C=O) groups excluding carboxylic acids is 2. The summed E-state index contributed by atoms with van der Waals surface area (Å²) in [6, 6.07) is 0. The van der Waals surface area contributed by atoms with Crippen LogP contribution in [0.15, 0.2) is 49.1 Å². The third-order valence-electron chi connectivity index (χ3n) is 2.94. The lowest BCUT2D eigenvalue weighted by atomic mass is 10.3. The molecule has 30 heavy (non-hydrogen) atoms. The van der Waals surface area contributed by atoms with Crippen molar-refractivity contribution >= 4 is 11.9 Å². The van der Waals surface area contributed by atoms with Crippen LogP contribution in [0.25, 0.3) is 0 Å². The van der Waals surface area contributed by atoms with E-state index in [0.29, 0.717) is 28.8 Å². The van der Waals surface area contributed by atoms with Gasteiger partial charge in [-0.3, -0.25) is 0 Å². The summed E-state index contributed by atoms with van der Waals surface area (Å²) < 4.78 is 10.2. The van der Waals surface area contributed by atoms with Crippen molar-refractivity contribution in [1.29, 1.82) is 0 Å². The third kappa shape index (κ3) is 30.8. The lowest BCUT2D eigenvalue weighted by Gasteiger charge is -2.26. The van der Waals surface area contributed by atoms with Gasteiger partial charge in [-0.2, -0.15) is 0 Å². The number of hydrogen-bond acceptors (Lipinski definition) is 5. The molecular weight excluding hydrogens is 406 g/mol. The number of esters is 2. The van der Waals surface area contributed by atoms with Crippen LogP contribution in [0.2, 0.25) is 0 Å². The summed E-state index contributed by atoms with van der Waals surface area (Å²) >= 11 is 0. The monoisotopic (exact) mass is 447 g/mol. The van der Waals surface area contributed by atoms with Gasteiger partial charge >= 0.3 is 11.9 Å². The average Bonchev–Trinajstić information content (AvgIpc) is 2.59. The first kappa shape index (κ1) is 35.5. The molecule has 0 rings (SSSR count). The molecule has 0 aromatic rings. The Bertz CT molecular complexity index is 550. The van der Waals surface area contributed by atoms with Crippen LogP contribution in [0.4, 0.5) is 0 Å². The lowest BCUT2D eigenvalue weighted by Crippen LogP contribution is -3.00. The molecule has 0 amide bonds. The van der Waals surface area contributed by atoms with Crippen molar-refractivity contribution in [2.24, 2.45) is 0 Å². The summed E-state index contributed by atoms with van der Waals surface area (Å²) in [7, 11) is 5.89. The quantitative estimate of drug-likeness (QED) is 0.176. The molecular formula is C23H42ClNO5. The minimum absolute atomic E-state index is 0. The van der Waals surface area contributed by atoms with E-state index in [1.165, 1.54) is 0 Å². The Morgan fingerprint density at radius 3 is 1.70 bits per heavy atom. The van der Waals surface area contributed by atoms with Crippen molar-refractivity contribution in [1.82, 2.24) is 0 Å². The largest absolute Gasteiger partial charge is 1.00 e. The standard InChI is InChI=1S/C10H20NO3.C8H14O2.C5H8.ClH/c1-8(2)10(13)14-7-9(12)6-11(3,4)5;1-4-5-6-10-8(9)7(2)3;1-4-5(2)3;/h9,12H,1,6-7H2,2-5H3;2,4-6H2,1,3H3;4H,1-2H2,3H3;1H/q+1;;;/p-1. The predicted octanol–water partition coefficient (Wildman–Crippen LogP) is 0.831. The summed E-state index contributed by atoms with van der Waals surface area (Å²) in [5.74, 6) is -0.737. The van der Waals surface area contributed by atoms with Crippen LogP contribution >= 0.6 is 0 Å². The van der Waals surface area contributed by atoms with E-state index in [-0.39, 0.29) is 25.0 Å². The van der Waals surface area contributed by atoms with E-state index >= 15 is 0 Å². The summed E-state index contributed by atoms with van der Waals surface area (Å²) in [6.45, 7) is 22.2. The molecule has 1 N–H and O–H groups in total. The summed E-state index contributed by atoms with van der Waals surface area (Å²) in [5.41, 5.74) is 1.84. The molecule has 0 heterocycles. The normalized spacial score (nSPS) is 10.4. The number of allylic oxidation sites excluding steroid dienone is 2. The maximum absolute atomic E-state index is 11.0. The molecule has 0 aromatic carbocycles. The van der Waals surface area contributed by atoms with Gasteiger partial charge < -0.3 is 31.5 Å². The summed E-state index contributed by atoms with van der Waals surface area (Å²) in [6.07, 6.45) is 3.07.